The number of nitrogens with one attached hydrogen (secondary N) is 1. The molecule has 2 rings (SSSR count). The van der Waals surface area contributed by atoms with Crippen LogP contribution in [0.1, 0.15) is 26.3 Å². The number of H-pyrrole nitrogens is 1. The van der Waals surface area contributed by atoms with Gasteiger partial charge >= 0.3 is 0 Å². The van der Waals surface area contributed by atoms with Crippen LogP contribution in [-0.2, 0) is 0 Å². The van der Waals surface area contributed by atoms with Crippen molar-refractivity contribution < 1.29 is 0 Å². The van der Waals surface area contributed by atoms with Crippen molar-refractivity contribution in [3.05, 3.63) is 23.9 Å². The van der Waals surface area contributed by atoms with Gasteiger partial charge in [0.1, 0.15) is 5.82 Å². The van der Waals surface area contributed by atoms with E-state index in [0.29, 0.717) is 0 Å². The summed E-state index contributed by atoms with van der Waals surface area (Å²) in [6, 6.07) is 2.07. The first-order valence-electron chi connectivity index (χ1n) is 4.51. The first-order chi connectivity index (χ1) is 6.08. The molecule has 1 aromatic heterocycles. The highest BCUT2D eigenvalue weighted by Crippen LogP contribution is 2.32. The highest BCUT2D eigenvalue weighted by Gasteiger charge is 2.17. The molecule has 1 aliphatic heterocycles. The van der Waals surface area contributed by atoms with Crippen LogP contribution >= 0.6 is 0 Å². The Hall–Kier alpha value is -1.31. The maximum absolute atomic E-state index is 4.42. The Balaban J connectivity index is 2.58. The van der Waals surface area contributed by atoms with Gasteiger partial charge in [0, 0.05) is 23.4 Å². The number of allylic oxidation sites excluding steroid dienone is 2. The second-order valence-corrected chi connectivity index (χ2v) is 4.15. The molecule has 0 amide bonds. The predicted octanol–water partition coefficient (Wildman–Crippen LogP) is 3.16. The second-order valence-electron chi connectivity index (χ2n) is 4.15. The van der Waals surface area contributed by atoms with Gasteiger partial charge in [-0.25, -0.2) is 4.99 Å². The van der Waals surface area contributed by atoms with Crippen molar-refractivity contribution in [2.24, 2.45) is 10.4 Å². The zero-order valence-corrected chi connectivity index (χ0v) is 8.26. The molecule has 0 bridgehead atoms. The van der Waals surface area contributed by atoms with E-state index in [1.807, 2.05) is 12.4 Å². The van der Waals surface area contributed by atoms with Crippen LogP contribution in [0.5, 0.6) is 0 Å². The molecule has 1 aliphatic rings. The summed E-state index contributed by atoms with van der Waals surface area (Å²) in [4.78, 5) is 7.54. The summed E-state index contributed by atoms with van der Waals surface area (Å²) in [6.07, 6.45) is 6.16. The highest BCUT2D eigenvalue weighted by atomic mass is 14.9. The van der Waals surface area contributed by atoms with Crippen molar-refractivity contribution in [3.63, 3.8) is 0 Å². The van der Waals surface area contributed by atoms with Gasteiger partial charge in [0.15, 0.2) is 0 Å². The Bertz CT molecular complexity index is 381. The van der Waals surface area contributed by atoms with Crippen LogP contribution in [-0.4, -0.2) is 11.2 Å². The fraction of sp³-hybridized carbons (Fsp3) is 0.364. The molecule has 2 heteroatoms. The van der Waals surface area contributed by atoms with Gasteiger partial charge in [0.05, 0.1) is 0 Å². The summed E-state index contributed by atoms with van der Waals surface area (Å²) < 4.78 is 0. The molecule has 0 radical (unpaired) electrons. The van der Waals surface area contributed by atoms with E-state index in [4.69, 9.17) is 0 Å². The fourth-order valence-electron chi connectivity index (χ4n) is 1.69. The summed E-state index contributed by atoms with van der Waals surface area (Å²) >= 11 is 0. The highest BCUT2D eigenvalue weighted by molar-refractivity contribution is 5.83. The summed E-state index contributed by atoms with van der Waals surface area (Å²) in [6.45, 7) is 6.45. The largest absolute Gasteiger partial charge is 0.346 e. The van der Waals surface area contributed by atoms with Gasteiger partial charge in [0.25, 0.3) is 0 Å². The lowest BCUT2D eigenvalue weighted by molar-refractivity contribution is 0.696. The number of nitrogens with zero attached hydrogens (tertiary/aromatic N) is 1. The lowest BCUT2D eigenvalue weighted by atomic mass is 9.92. The molecule has 0 spiro atoms. The quantitative estimate of drug-likeness (QED) is 0.625. The summed E-state index contributed by atoms with van der Waals surface area (Å²) in [5.74, 6) is 0.972. The van der Waals surface area contributed by atoms with E-state index in [9.17, 15) is 0 Å². The minimum absolute atomic E-state index is 0.0595. The Morgan fingerprint density at radius 3 is 2.92 bits per heavy atom. The first-order valence-corrected chi connectivity index (χ1v) is 4.51. The molecule has 0 aromatic carbocycles. The topological polar surface area (TPSA) is 28.1 Å². The van der Waals surface area contributed by atoms with E-state index in [0.717, 1.165) is 5.82 Å². The molecule has 0 unspecified atom stereocenters. The second kappa shape index (κ2) is 2.59. The summed E-state index contributed by atoms with van der Waals surface area (Å²) in [5, 5.41) is 0. The normalized spacial score (nSPS) is 19.2. The van der Waals surface area contributed by atoms with Crippen LogP contribution in [0.4, 0.5) is 5.82 Å². The predicted molar refractivity (Wildman–Crippen MR) is 56.4 cm³/mol. The molecule has 0 aliphatic carbocycles. The van der Waals surface area contributed by atoms with Gasteiger partial charge in [-0.15, -0.1) is 0 Å². The van der Waals surface area contributed by atoms with Gasteiger partial charge in [-0.05, 0) is 18.6 Å². The van der Waals surface area contributed by atoms with E-state index in [1.165, 1.54) is 11.1 Å². The molecule has 2 heterocycles. The van der Waals surface area contributed by atoms with Crippen molar-refractivity contribution in [1.82, 2.24) is 4.98 Å². The molecule has 0 fully saturated rings. The van der Waals surface area contributed by atoms with Crippen LogP contribution < -0.4 is 0 Å². The molecule has 13 heavy (non-hydrogen) atoms. The van der Waals surface area contributed by atoms with Crippen molar-refractivity contribution in [1.29, 1.82) is 0 Å². The zero-order chi connectivity index (χ0) is 9.47. The SMILES string of the molecule is CC1=CC(C)(C)C=Nc2[nH]ccc21. The molecule has 68 valence electrons. The molecule has 0 saturated carbocycles. The minimum Gasteiger partial charge on any atom is -0.346 e. The zero-order valence-electron chi connectivity index (χ0n) is 8.26. The molecular formula is C11H14N2. The Morgan fingerprint density at radius 2 is 2.15 bits per heavy atom. The Kier molecular flexibility index (Phi) is 1.65. The van der Waals surface area contributed by atoms with Crippen LogP contribution in [0, 0.1) is 5.41 Å². The molecule has 2 nitrogen and oxygen atoms in total. The van der Waals surface area contributed by atoms with E-state index < -0.39 is 0 Å². The minimum atomic E-state index is 0.0595. The van der Waals surface area contributed by atoms with Crippen molar-refractivity contribution >= 4 is 17.6 Å². The van der Waals surface area contributed by atoms with Crippen LogP contribution in [0.25, 0.3) is 5.57 Å². The van der Waals surface area contributed by atoms with E-state index in [1.54, 1.807) is 0 Å². The van der Waals surface area contributed by atoms with Crippen LogP contribution in [0.15, 0.2) is 23.3 Å². The molecule has 0 saturated heterocycles. The summed E-state index contributed by atoms with van der Waals surface area (Å²) in [7, 11) is 0. The number of hydrogen-bond donors (Lipinski definition) is 1. The lowest BCUT2D eigenvalue weighted by Gasteiger charge is -2.12. The number of aliphatic imine (C=N–C) groups is 1. The van der Waals surface area contributed by atoms with Crippen molar-refractivity contribution in [2.75, 3.05) is 0 Å². The fourth-order valence-corrected chi connectivity index (χ4v) is 1.69. The third-order valence-electron chi connectivity index (χ3n) is 2.26. The van der Waals surface area contributed by atoms with Crippen molar-refractivity contribution in [2.45, 2.75) is 20.8 Å². The van der Waals surface area contributed by atoms with E-state index in [-0.39, 0.29) is 5.41 Å². The van der Waals surface area contributed by atoms with E-state index >= 15 is 0 Å². The van der Waals surface area contributed by atoms with Crippen LogP contribution in [0.2, 0.25) is 0 Å². The number of aromatic nitrogens is 1. The Labute approximate surface area is 78.4 Å². The van der Waals surface area contributed by atoms with Gasteiger partial charge < -0.3 is 4.98 Å². The molecule has 1 aromatic rings. The lowest BCUT2D eigenvalue weighted by Crippen LogP contribution is -2.08. The van der Waals surface area contributed by atoms with E-state index in [2.05, 4.69) is 42.9 Å². The first kappa shape index (κ1) is 8.30. The monoisotopic (exact) mass is 174 g/mol. The molecule has 0 atom stereocenters. The Morgan fingerprint density at radius 1 is 1.38 bits per heavy atom. The standard InChI is InChI=1S/C11H14N2/c1-8-6-11(2,3)7-13-10-9(8)4-5-12-10/h4-7,12H,1-3H3. The number of hydrogen-bond acceptors (Lipinski definition) is 1. The maximum atomic E-state index is 4.42. The average molecular weight is 174 g/mol. The third-order valence-corrected chi connectivity index (χ3v) is 2.26. The third kappa shape index (κ3) is 1.44. The summed E-state index contributed by atoms with van der Waals surface area (Å²) in [5.41, 5.74) is 2.56. The smallest absolute Gasteiger partial charge is 0.137 e. The maximum Gasteiger partial charge on any atom is 0.137 e. The van der Waals surface area contributed by atoms with Gasteiger partial charge in [-0.3, -0.25) is 0 Å². The average Bonchev–Trinajstić information content (AvgIpc) is 2.43. The van der Waals surface area contributed by atoms with Crippen molar-refractivity contribution in [3.8, 4) is 0 Å². The number of aromatic amines is 1. The van der Waals surface area contributed by atoms with Gasteiger partial charge in [0.2, 0.25) is 0 Å². The number of fused-ring (bicyclic) bond motifs is 1. The van der Waals surface area contributed by atoms with Gasteiger partial charge in [-0.1, -0.05) is 19.9 Å². The van der Waals surface area contributed by atoms with Gasteiger partial charge in [-0.2, -0.15) is 0 Å². The molecule has 1 N–H and O–H groups in total. The van der Waals surface area contributed by atoms with Crippen LogP contribution in [0.3, 0.4) is 0 Å². The number of rotatable bonds is 0. The molecular weight excluding hydrogens is 160 g/mol.